The van der Waals surface area contributed by atoms with Crippen LogP contribution in [-0.2, 0) is 17.6 Å². The highest BCUT2D eigenvalue weighted by Gasteiger charge is 2.06. The summed E-state index contributed by atoms with van der Waals surface area (Å²) in [6.45, 7) is 3.67. The minimum absolute atomic E-state index is 0.146. The van der Waals surface area contributed by atoms with Gasteiger partial charge in [0.2, 0.25) is 5.91 Å². The molecule has 3 N–H and O–H groups in total. The molecular formula is C22H23N3O2. The number of nitrogens with one attached hydrogen (secondary N) is 2. The Kier molecular flexibility index (Phi) is 6.05. The summed E-state index contributed by atoms with van der Waals surface area (Å²) in [7, 11) is 0. The molecule has 0 aliphatic rings. The van der Waals surface area contributed by atoms with E-state index in [1.807, 2.05) is 36.5 Å². The number of aromatic nitrogens is 1. The molecule has 0 unspecified atom stereocenters. The van der Waals surface area contributed by atoms with Crippen molar-refractivity contribution in [1.82, 2.24) is 10.4 Å². The highest BCUT2D eigenvalue weighted by molar-refractivity contribution is 5.86. The number of aromatic hydroxyl groups is 1. The lowest BCUT2D eigenvalue weighted by molar-refractivity contribution is -0.121. The molecule has 0 fully saturated rings. The zero-order valence-corrected chi connectivity index (χ0v) is 15.1. The maximum Gasteiger partial charge on any atom is 0.240 e. The van der Waals surface area contributed by atoms with E-state index in [4.69, 9.17) is 0 Å². The second kappa shape index (κ2) is 8.85. The molecule has 1 amide bonds. The van der Waals surface area contributed by atoms with Crippen LogP contribution < -0.4 is 5.43 Å². The zero-order valence-electron chi connectivity index (χ0n) is 15.1. The maximum absolute atomic E-state index is 12.0. The van der Waals surface area contributed by atoms with Crippen molar-refractivity contribution < 1.29 is 9.90 Å². The Balaban J connectivity index is 1.49. The number of fused-ring (bicyclic) bond motifs is 1. The number of nitrogens with zero attached hydrogens (tertiary/aromatic N) is 1. The molecule has 0 saturated heterocycles. The van der Waals surface area contributed by atoms with E-state index in [1.165, 1.54) is 17.2 Å². The Bertz CT molecular complexity index is 973. The van der Waals surface area contributed by atoms with E-state index in [9.17, 15) is 9.90 Å². The summed E-state index contributed by atoms with van der Waals surface area (Å²) in [4.78, 5) is 15.2. The van der Waals surface area contributed by atoms with Crippen LogP contribution in [0.2, 0.25) is 0 Å². The third-order valence-electron chi connectivity index (χ3n) is 4.43. The van der Waals surface area contributed by atoms with Gasteiger partial charge in [-0.3, -0.25) is 4.79 Å². The number of hydrogen-bond donors (Lipinski definition) is 3. The number of aromatic amines is 1. The summed E-state index contributed by atoms with van der Waals surface area (Å²) in [5.74, 6) is 0.0163. The highest BCUT2D eigenvalue weighted by atomic mass is 16.3. The van der Waals surface area contributed by atoms with Gasteiger partial charge in [-0.25, -0.2) is 5.43 Å². The van der Waals surface area contributed by atoms with Gasteiger partial charge < -0.3 is 10.1 Å². The van der Waals surface area contributed by atoms with Crippen LogP contribution in [-0.4, -0.2) is 22.2 Å². The minimum atomic E-state index is -0.146. The summed E-state index contributed by atoms with van der Waals surface area (Å²) < 4.78 is 0. The number of benzene rings is 2. The first-order chi connectivity index (χ1) is 13.2. The van der Waals surface area contributed by atoms with Crippen molar-refractivity contribution in [2.75, 3.05) is 0 Å². The first-order valence-corrected chi connectivity index (χ1v) is 8.97. The molecule has 2 aromatic carbocycles. The van der Waals surface area contributed by atoms with Gasteiger partial charge in [-0.15, -0.1) is 6.58 Å². The molecular weight excluding hydrogens is 338 g/mol. The Morgan fingerprint density at radius 3 is 2.89 bits per heavy atom. The second-order valence-corrected chi connectivity index (χ2v) is 6.35. The topological polar surface area (TPSA) is 77.5 Å². The van der Waals surface area contributed by atoms with E-state index in [2.05, 4.69) is 28.2 Å². The molecule has 0 spiro atoms. The van der Waals surface area contributed by atoms with E-state index >= 15 is 0 Å². The van der Waals surface area contributed by atoms with Crippen LogP contribution in [0.4, 0.5) is 0 Å². The van der Waals surface area contributed by atoms with Gasteiger partial charge in [-0.1, -0.05) is 36.4 Å². The third kappa shape index (κ3) is 4.64. The molecule has 0 bridgehead atoms. The number of allylic oxidation sites excluding steroid dienone is 1. The van der Waals surface area contributed by atoms with Gasteiger partial charge in [-0.2, -0.15) is 5.10 Å². The average molecular weight is 361 g/mol. The Labute approximate surface area is 158 Å². The Hall–Kier alpha value is -3.34. The maximum atomic E-state index is 12.0. The van der Waals surface area contributed by atoms with Gasteiger partial charge in [0, 0.05) is 29.1 Å². The van der Waals surface area contributed by atoms with Gasteiger partial charge in [-0.05, 0) is 42.5 Å². The van der Waals surface area contributed by atoms with Crippen molar-refractivity contribution in [2.24, 2.45) is 5.10 Å². The second-order valence-electron chi connectivity index (χ2n) is 6.35. The molecule has 0 radical (unpaired) electrons. The predicted octanol–water partition coefficient (Wildman–Crippen LogP) is 4.08. The SMILES string of the molecule is C=CCc1cccc(/C=N\NC(=O)CCCc2c[nH]c3ccccc23)c1O. The first kappa shape index (κ1) is 18.5. The van der Waals surface area contributed by atoms with Crippen LogP contribution >= 0.6 is 0 Å². The quantitative estimate of drug-likeness (QED) is 0.321. The van der Waals surface area contributed by atoms with Crippen molar-refractivity contribution in [3.63, 3.8) is 0 Å². The van der Waals surface area contributed by atoms with E-state index < -0.39 is 0 Å². The molecule has 0 saturated carbocycles. The molecule has 5 heteroatoms. The van der Waals surface area contributed by atoms with Crippen LogP contribution in [0.3, 0.4) is 0 Å². The number of phenolic OH excluding ortho intramolecular Hbond substituents is 1. The average Bonchev–Trinajstić information content (AvgIpc) is 3.08. The summed E-state index contributed by atoms with van der Waals surface area (Å²) in [5, 5.41) is 15.3. The number of phenols is 1. The number of para-hydroxylation sites is 2. The van der Waals surface area contributed by atoms with Crippen molar-refractivity contribution in [3.05, 3.63) is 78.0 Å². The van der Waals surface area contributed by atoms with Crippen LogP contribution in [0.15, 0.2) is 66.4 Å². The number of hydrazone groups is 1. The van der Waals surface area contributed by atoms with Crippen LogP contribution in [0.5, 0.6) is 5.75 Å². The fraction of sp³-hybridized carbons (Fsp3) is 0.182. The lowest BCUT2D eigenvalue weighted by Crippen LogP contribution is -2.17. The first-order valence-electron chi connectivity index (χ1n) is 8.97. The van der Waals surface area contributed by atoms with Crippen molar-refractivity contribution in [2.45, 2.75) is 25.7 Å². The molecule has 0 aliphatic carbocycles. The molecule has 0 atom stereocenters. The standard InChI is InChI=1S/C22H23N3O2/c1-2-7-16-8-5-10-18(22(16)27)15-24-25-21(26)13-6-9-17-14-23-20-12-4-3-11-19(17)20/h2-5,8,10-12,14-15,23,27H,1,6-7,9,13H2,(H,25,26)/b24-15-. The summed E-state index contributed by atoms with van der Waals surface area (Å²) in [6.07, 6.45) is 7.71. The number of amides is 1. The zero-order chi connectivity index (χ0) is 19.1. The largest absolute Gasteiger partial charge is 0.507 e. The number of carbonyl (C=O) groups excluding carboxylic acids is 1. The lowest BCUT2D eigenvalue weighted by Gasteiger charge is -2.04. The van der Waals surface area contributed by atoms with E-state index in [0.717, 1.165) is 23.9 Å². The number of H-pyrrole nitrogens is 1. The summed E-state index contributed by atoms with van der Waals surface area (Å²) in [6, 6.07) is 13.5. The predicted molar refractivity (Wildman–Crippen MR) is 109 cm³/mol. The molecule has 27 heavy (non-hydrogen) atoms. The van der Waals surface area contributed by atoms with E-state index in [1.54, 1.807) is 12.1 Å². The van der Waals surface area contributed by atoms with Gasteiger partial charge in [0.15, 0.2) is 0 Å². The summed E-state index contributed by atoms with van der Waals surface area (Å²) >= 11 is 0. The molecule has 3 aromatic rings. The number of rotatable bonds is 8. The monoisotopic (exact) mass is 361 g/mol. The molecule has 0 aliphatic heterocycles. The third-order valence-corrected chi connectivity index (χ3v) is 4.43. The highest BCUT2D eigenvalue weighted by Crippen LogP contribution is 2.21. The van der Waals surface area contributed by atoms with Gasteiger partial charge in [0.1, 0.15) is 5.75 Å². The number of carbonyl (C=O) groups is 1. The molecule has 138 valence electrons. The van der Waals surface area contributed by atoms with Crippen molar-refractivity contribution in [3.8, 4) is 5.75 Å². The molecule has 3 rings (SSSR count). The van der Waals surface area contributed by atoms with E-state index in [-0.39, 0.29) is 11.7 Å². The van der Waals surface area contributed by atoms with Crippen molar-refractivity contribution in [1.29, 1.82) is 0 Å². The van der Waals surface area contributed by atoms with Gasteiger partial charge in [0.25, 0.3) is 0 Å². The molecule has 5 nitrogen and oxygen atoms in total. The van der Waals surface area contributed by atoms with E-state index in [0.29, 0.717) is 18.4 Å². The molecule has 1 heterocycles. The summed E-state index contributed by atoms with van der Waals surface area (Å²) in [5.41, 5.74) is 6.18. The smallest absolute Gasteiger partial charge is 0.240 e. The minimum Gasteiger partial charge on any atom is -0.507 e. The number of hydrogen-bond acceptors (Lipinski definition) is 3. The lowest BCUT2D eigenvalue weighted by atomic mass is 10.1. The Morgan fingerprint density at radius 2 is 2.04 bits per heavy atom. The van der Waals surface area contributed by atoms with Crippen LogP contribution in [0, 0.1) is 0 Å². The van der Waals surface area contributed by atoms with Gasteiger partial charge in [0.05, 0.1) is 6.21 Å². The van der Waals surface area contributed by atoms with Gasteiger partial charge >= 0.3 is 0 Å². The Morgan fingerprint density at radius 1 is 1.19 bits per heavy atom. The van der Waals surface area contributed by atoms with Crippen LogP contribution in [0.1, 0.15) is 29.5 Å². The van der Waals surface area contributed by atoms with Crippen LogP contribution in [0.25, 0.3) is 10.9 Å². The molecule has 1 aromatic heterocycles. The fourth-order valence-electron chi connectivity index (χ4n) is 3.04. The number of aryl methyl sites for hydroxylation is 1. The normalized spacial score (nSPS) is 11.1. The van der Waals surface area contributed by atoms with Crippen molar-refractivity contribution >= 4 is 23.0 Å². The fourth-order valence-corrected chi connectivity index (χ4v) is 3.04.